The molecule has 0 heterocycles. The van der Waals surface area contributed by atoms with Crippen LogP contribution in [0, 0.1) is 67.9 Å². The van der Waals surface area contributed by atoms with Crippen molar-refractivity contribution >= 4 is 0 Å². The van der Waals surface area contributed by atoms with Crippen LogP contribution in [0.2, 0.25) is 0 Å². The van der Waals surface area contributed by atoms with Crippen LogP contribution in [0.1, 0.15) is 77.1 Å². The van der Waals surface area contributed by atoms with Gasteiger partial charge in [0.2, 0.25) is 0 Å². The van der Waals surface area contributed by atoms with E-state index < -0.39 is 11.6 Å². The molecular formula is C33H32F2. The van der Waals surface area contributed by atoms with E-state index in [1.165, 1.54) is 43.4 Å². The molecule has 0 radical (unpaired) electrons. The molecule has 0 N–H and O–H groups in total. The molecule has 1 saturated carbocycles. The average Bonchev–Trinajstić information content (AvgIpc) is 2.81. The molecule has 1 aliphatic carbocycles. The maximum absolute atomic E-state index is 14.7. The van der Waals surface area contributed by atoms with E-state index in [0.717, 1.165) is 40.5 Å². The summed E-state index contributed by atoms with van der Waals surface area (Å²) in [5, 5.41) is 0. The molecule has 1 fully saturated rings. The lowest BCUT2D eigenvalue weighted by Gasteiger charge is -2.26. The molecule has 2 heteroatoms. The van der Waals surface area contributed by atoms with Crippen molar-refractivity contribution in [2.24, 2.45) is 11.8 Å². The van der Waals surface area contributed by atoms with Crippen molar-refractivity contribution in [1.29, 1.82) is 0 Å². The largest absolute Gasteiger partial charge is 0.205 e. The Morgan fingerprint density at radius 2 is 1.23 bits per heavy atom. The van der Waals surface area contributed by atoms with E-state index in [1.54, 1.807) is 0 Å². The molecule has 3 aromatic rings. The highest BCUT2D eigenvalue weighted by atomic mass is 19.1. The third-order valence-corrected chi connectivity index (χ3v) is 7.01. The van der Waals surface area contributed by atoms with Crippen LogP contribution >= 0.6 is 0 Å². The second-order valence-electron chi connectivity index (χ2n) is 10.1. The van der Waals surface area contributed by atoms with Gasteiger partial charge in [-0.05, 0) is 92.8 Å². The van der Waals surface area contributed by atoms with Crippen LogP contribution in [-0.2, 0) is 6.42 Å². The normalized spacial score (nSPS) is 17.2. The van der Waals surface area contributed by atoms with Gasteiger partial charge in [-0.15, -0.1) is 0 Å². The number of rotatable bonds is 2. The summed E-state index contributed by atoms with van der Waals surface area (Å²) < 4.78 is 29.3. The van der Waals surface area contributed by atoms with Crippen molar-refractivity contribution in [3.63, 3.8) is 0 Å². The summed E-state index contributed by atoms with van der Waals surface area (Å²) in [7, 11) is 0. The van der Waals surface area contributed by atoms with Crippen molar-refractivity contribution in [3.05, 3.63) is 105 Å². The minimum atomic E-state index is -0.695. The monoisotopic (exact) mass is 466 g/mol. The molecule has 0 aromatic heterocycles. The first kappa shape index (κ1) is 24.8. The van der Waals surface area contributed by atoms with Gasteiger partial charge in [0.05, 0.1) is 5.56 Å². The Labute approximate surface area is 208 Å². The fourth-order valence-corrected chi connectivity index (χ4v) is 4.91. The Bertz CT molecular complexity index is 1290. The molecule has 0 aliphatic heterocycles. The Hall–Kier alpha value is -3.36. The number of hydrogen-bond donors (Lipinski definition) is 0. The lowest BCUT2D eigenvalue weighted by Crippen LogP contribution is -2.14. The minimum absolute atomic E-state index is 0.232. The molecular weight excluding hydrogens is 434 g/mol. The summed E-state index contributed by atoms with van der Waals surface area (Å²) in [6.45, 7) is 8.45. The van der Waals surface area contributed by atoms with Crippen LogP contribution in [0.4, 0.5) is 8.78 Å². The zero-order valence-electron chi connectivity index (χ0n) is 21.1. The SMILES string of the molecule is Cc1ccc(C#Cc2c(F)cc(C#Cc3c(C)cc(CC4CCC(C)CC4)cc3C)cc2F)cc1. The standard InChI is InChI=1S/C33H32F2/c1-22-5-9-26(10-6-22)13-16-31-32(34)20-28(21-33(31)35)14-15-30-24(3)17-29(18-25(30)4)19-27-11-7-23(2)8-12-27/h5-6,9-10,17-18,20-21,23,27H,7-8,11-12,19H2,1-4H3. The maximum Gasteiger partial charge on any atom is 0.143 e. The third-order valence-electron chi connectivity index (χ3n) is 7.01. The van der Waals surface area contributed by atoms with Gasteiger partial charge in [-0.3, -0.25) is 0 Å². The van der Waals surface area contributed by atoms with E-state index in [2.05, 4.69) is 56.6 Å². The molecule has 3 aromatic carbocycles. The van der Waals surface area contributed by atoms with Crippen LogP contribution in [0.15, 0.2) is 48.5 Å². The zero-order valence-corrected chi connectivity index (χ0v) is 21.1. The minimum Gasteiger partial charge on any atom is -0.205 e. The van der Waals surface area contributed by atoms with Crippen LogP contribution in [0.3, 0.4) is 0 Å². The first-order valence-electron chi connectivity index (χ1n) is 12.5. The van der Waals surface area contributed by atoms with E-state index >= 15 is 0 Å². The first-order valence-corrected chi connectivity index (χ1v) is 12.5. The fourth-order valence-electron chi connectivity index (χ4n) is 4.91. The predicted molar refractivity (Wildman–Crippen MR) is 140 cm³/mol. The van der Waals surface area contributed by atoms with E-state index in [4.69, 9.17) is 0 Å². The quantitative estimate of drug-likeness (QED) is 0.335. The van der Waals surface area contributed by atoms with Crippen molar-refractivity contribution in [3.8, 4) is 23.7 Å². The maximum atomic E-state index is 14.7. The molecule has 0 nitrogen and oxygen atoms in total. The Balaban J connectivity index is 1.52. The average molecular weight is 467 g/mol. The van der Waals surface area contributed by atoms with E-state index in [0.29, 0.717) is 11.1 Å². The molecule has 0 bridgehead atoms. The van der Waals surface area contributed by atoms with Gasteiger partial charge < -0.3 is 0 Å². The number of hydrogen-bond acceptors (Lipinski definition) is 0. The number of aryl methyl sites for hydroxylation is 3. The van der Waals surface area contributed by atoms with Gasteiger partial charge in [-0.1, -0.05) is 73.3 Å². The van der Waals surface area contributed by atoms with Crippen molar-refractivity contribution in [2.75, 3.05) is 0 Å². The Kier molecular flexibility index (Phi) is 7.73. The van der Waals surface area contributed by atoms with Gasteiger partial charge in [-0.25, -0.2) is 8.78 Å². The summed E-state index contributed by atoms with van der Waals surface area (Å²) in [5.41, 5.74) is 6.40. The highest BCUT2D eigenvalue weighted by Gasteiger charge is 2.19. The number of benzene rings is 3. The van der Waals surface area contributed by atoms with Crippen LogP contribution in [0.5, 0.6) is 0 Å². The van der Waals surface area contributed by atoms with Gasteiger partial charge in [0.1, 0.15) is 11.6 Å². The Morgan fingerprint density at radius 3 is 1.83 bits per heavy atom. The predicted octanol–water partition coefficient (Wildman–Crippen LogP) is 8.06. The molecule has 0 atom stereocenters. The summed E-state index contributed by atoms with van der Waals surface area (Å²) in [5.74, 6) is 11.8. The second kappa shape index (κ2) is 10.9. The van der Waals surface area contributed by atoms with Crippen LogP contribution in [-0.4, -0.2) is 0 Å². The van der Waals surface area contributed by atoms with E-state index in [1.807, 2.05) is 31.2 Å². The van der Waals surface area contributed by atoms with Crippen molar-refractivity contribution in [2.45, 2.75) is 59.8 Å². The first-order chi connectivity index (χ1) is 16.8. The Morgan fingerprint density at radius 1 is 0.686 bits per heavy atom. The second-order valence-corrected chi connectivity index (χ2v) is 10.1. The molecule has 0 saturated heterocycles. The lowest BCUT2D eigenvalue weighted by atomic mass is 9.79. The highest BCUT2D eigenvalue weighted by molar-refractivity contribution is 5.53. The summed E-state index contributed by atoms with van der Waals surface area (Å²) in [6, 6.07) is 14.5. The van der Waals surface area contributed by atoms with Gasteiger partial charge >= 0.3 is 0 Å². The topological polar surface area (TPSA) is 0 Å². The fraction of sp³-hybridized carbons (Fsp3) is 0.333. The van der Waals surface area contributed by atoms with Gasteiger partial charge in [0.25, 0.3) is 0 Å². The molecule has 0 amide bonds. The summed E-state index contributed by atoms with van der Waals surface area (Å²) >= 11 is 0. The molecule has 0 unspecified atom stereocenters. The van der Waals surface area contributed by atoms with Gasteiger partial charge in [0.15, 0.2) is 0 Å². The van der Waals surface area contributed by atoms with Crippen LogP contribution < -0.4 is 0 Å². The molecule has 1 aliphatic rings. The summed E-state index contributed by atoms with van der Waals surface area (Å²) in [4.78, 5) is 0. The van der Waals surface area contributed by atoms with E-state index in [9.17, 15) is 8.78 Å². The molecule has 0 spiro atoms. The molecule has 4 rings (SSSR count). The lowest BCUT2D eigenvalue weighted by molar-refractivity contribution is 0.289. The van der Waals surface area contributed by atoms with Gasteiger partial charge in [0, 0.05) is 16.7 Å². The highest BCUT2D eigenvalue weighted by Crippen LogP contribution is 2.31. The van der Waals surface area contributed by atoms with Gasteiger partial charge in [-0.2, -0.15) is 0 Å². The third kappa shape index (κ3) is 6.41. The zero-order chi connectivity index (χ0) is 24.9. The molecule has 178 valence electrons. The summed E-state index contributed by atoms with van der Waals surface area (Å²) in [6.07, 6.45) is 6.39. The van der Waals surface area contributed by atoms with Crippen molar-refractivity contribution in [1.82, 2.24) is 0 Å². The number of halogens is 2. The van der Waals surface area contributed by atoms with E-state index in [-0.39, 0.29) is 5.56 Å². The molecule has 35 heavy (non-hydrogen) atoms. The van der Waals surface area contributed by atoms with Crippen molar-refractivity contribution < 1.29 is 8.78 Å². The smallest absolute Gasteiger partial charge is 0.143 e. The van der Waals surface area contributed by atoms with Crippen LogP contribution in [0.25, 0.3) is 0 Å².